The highest BCUT2D eigenvalue weighted by Gasteiger charge is 2.22. The van der Waals surface area contributed by atoms with Crippen molar-refractivity contribution in [3.8, 4) is 16.9 Å². The molecule has 4 nitrogen and oxygen atoms in total. The first kappa shape index (κ1) is 23.7. The normalized spacial score (nSPS) is 12.6. The van der Waals surface area contributed by atoms with E-state index >= 15 is 0 Å². The van der Waals surface area contributed by atoms with Crippen LogP contribution in [0.1, 0.15) is 12.5 Å². The van der Waals surface area contributed by atoms with Gasteiger partial charge in [-0.15, -0.1) is 0 Å². The van der Waals surface area contributed by atoms with Gasteiger partial charge in [-0.05, 0) is 43.3 Å². The van der Waals surface area contributed by atoms with Crippen molar-refractivity contribution in [3.05, 3.63) is 102 Å². The lowest BCUT2D eigenvalue weighted by Crippen LogP contribution is -2.23. The minimum absolute atomic E-state index is 0.0277. The topological polar surface area (TPSA) is 52.6 Å². The van der Waals surface area contributed by atoms with Crippen LogP contribution in [0.5, 0.6) is 5.75 Å². The first-order valence-corrected chi connectivity index (χ1v) is 11.6. The molecule has 7 heteroatoms. The van der Waals surface area contributed by atoms with E-state index in [0.29, 0.717) is 16.1 Å². The summed E-state index contributed by atoms with van der Waals surface area (Å²) in [6, 6.07) is 17.5. The van der Waals surface area contributed by atoms with Crippen LogP contribution in [-0.2, 0) is 14.3 Å². The van der Waals surface area contributed by atoms with Gasteiger partial charge < -0.3 is 4.74 Å². The quantitative estimate of drug-likeness (QED) is 0.263. The van der Waals surface area contributed by atoms with Crippen LogP contribution >= 0.6 is 11.6 Å². The van der Waals surface area contributed by atoms with E-state index in [1.54, 1.807) is 60.7 Å². The molecule has 3 rings (SSSR count). The maximum atomic E-state index is 15.0. The minimum Gasteiger partial charge on any atom is -0.483 e. The Balaban J connectivity index is 1.96. The highest BCUT2D eigenvalue weighted by atomic mass is 35.5. The van der Waals surface area contributed by atoms with Crippen molar-refractivity contribution >= 4 is 27.8 Å². The zero-order chi connectivity index (χ0) is 23.1. The molecule has 0 radical (unpaired) electrons. The zero-order valence-corrected chi connectivity index (χ0v) is 18.9. The number of rotatable bonds is 9. The number of ether oxygens (including phenoxy) is 1. The first-order valence-electron chi connectivity index (χ1n) is 9.81. The molecule has 0 aliphatic rings. The SMILES string of the molecule is C=C[C@H](COS(=O)(=O)c1ccccc1)Oc1c(C=CC)ccc(F)c1-c1ccccc1Cl. The predicted octanol–water partition coefficient (Wildman–Crippen LogP) is 6.52. The van der Waals surface area contributed by atoms with Gasteiger partial charge in [0.2, 0.25) is 0 Å². The van der Waals surface area contributed by atoms with Gasteiger partial charge in [0.1, 0.15) is 24.3 Å². The lowest BCUT2D eigenvalue weighted by molar-refractivity contribution is 0.168. The molecule has 0 amide bonds. The van der Waals surface area contributed by atoms with Crippen molar-refractivity contribution in [2.75, 3.05) is 6.61 Å². The highest BCUT2D eigenvalue weighted by Crippen LogP contribution is 2.40. The van der Waals surface area contributed by atoms with Gasteiger partial charge in [-0.3, -0.25) is 4.18 Å². The van der Waals surface area contributed by atoms with Crippen molar-refractivity contribution < 1.29 is 21.7 Å². The van der Waals surface area contributed by atoms with Gasteiger partial charge in [-0.1, -0.05) is 66.7 Å². The van der Waals surface area contributed by atoms with E-state index in [4.69, 9.17) is 20.5 Å². The molecule has 0 N–H and O–H groups in total. The fourth-order valence-electron chi connectivity index (χ4n) is 3.04. The number of halogens is 2. The summed E-state index contributed by atoms with van der Waals surface area (Å²) in [5.74, 6) is -0.316. The summed E-state index contributed by atoms with van der Waals surface area (Å²) in [6.07, 6.45) is 4.08. The van der Waals surface area contributed by atoms with E-state index in [0.717, 1.165) is 0 Å². The molecule has 3 aromatic rings. The molecule has 0 unspecified atom stereocenters. The maximum absolute atomic E-state index is 15.0. The molecule has 0 aromatic heterocycles. The van der Waals surface area contributed by atoms with Gasteiger partial charge >= 0.3 is 0 Å². The Morgan fingerprint density at radius 2 is 1.75 bits per heavy atom. The van der Waals surface area contributed by atoms with E-state index in [1.165, 1.54) is 24.3 Å². The summed E-state index contributed by atoms with van der Waals surface area (Å²) in [4.78, 5) is 0.0277. The van der Waals surface area contributed by atoms with Gasteiger partial charge in [-0.2, -0.15) is 8.42 Å². The van der Waals surface area contributed by atoms with Crippen LogP contribution in [0.25, 0.3) is 17.2 Å². The third-order valence-corrected chi connectivity index (χ3v) is 6.20. The predicted molar refractivity (Wildman–Crippen MR) is 126 cm³/mol. The van der Waals surface area contributed by atoms with Gasteiger partial charge in [-0.25, -0.2) is 4.39 Å². The molecular weight excluding hydrogens is 451 g/mol. The minimum atomic E-state index is -3.99. The molecule has 1 atom stereocenters. The monoisotopic (exact) mass is 472 g/mol. The van der Waals surface area contributed by atoms with E-state index < -0.39 is 22.0 Å². The average Bonchev–Trinajstić information content (AvgIpc) is 2.80. The fourth-order valence-corrected chi connectivity index (χ4v) is 4.21. The van der Waals surface area contributed by atoms with Gasteiger partial charge in [0.25, 0.3) is 10.1 Å². The molecule has 166 valence electrons. The summed E-state index contributed by atoms with van der Waals surface area (Å²) < 4.78 is 51.1. The van der Waals surface area contributed by atoms with Crippen LogP contribution in [0.4, 0.5) is 4.39 Å². The van der Waals surface area contributed by atoms with Crippen LogP contribution in [0.2, 0.25) is 5.02 Å². The summed E-state index contributed by atoms with van der Waals surface area (Å²) in [6.45, 7) is 5.19. The van der Waals surface area contributed by atoms with Crippen LogP contribution < -0.4 is 4.74 Å². The molecule has 0 fully saturated rings. The van der Waals surface area contributed by atoms with Gasteiger partial charge in [0.15, 0.2) is 0 Å². The van der Waals surface area contributed by atoms with Crippen molar-refractivity contribution in [1.82, 2.24) is 0 Å². The fraction of sp³-hybridized carbons (Fsp3) is 0.120. The number of benzene rings is 3. The lowest BCUT2D eigenvalue weighted by atomic mass is 10.00. The molecule has 0 aliphatic heterocycles. The third-order valence-electron chi connectivity index (χ3n) is 4.58. The van der Waals surface area contributed by atoms with E-state index in [1.807, 2.05) is 6.92 Å². The van der Waals surface area contributed by atoms with Crippen LogP contribution in [0.3, 0.4) is 0 Å². The van der Waals surface area contributed by atoms with Crippen molar-refractivity contribution in [1.29, 1.82) is 0 Å². The smallest absolute Gasteiger partial charge is 0.297 e. The lowest BCUT2D eigenvalue weighted by Gasteiger charge is -2.21. The van der Waals surface area contributed by atoms with Crippen molar-refractivity contribution in [2.45, 2.75) is 17.9 Å². The molecule has 32 heavy (non-hydrogen) atoms. The second-order valence-corrected chi connectivity index (χ2v) is 8.79. The number of hydrogen-bond acceptors (Lipinski definition) is 4. The van der Waals surface area contributed by atoms with Crippen LogP contribution in [-0.4, -0.2) is 21.1 Å². The Bertz CT molecular complexity index is 1220. The number of allylic oxidation sites excluding steroid dienone is 1. The van der Waals surface area contributed by atoms with Gasteiger partial charge in [0.05, 0.1) is 10.5 Å². The van der Waals surface area contributed by atoms with Crippen LogP contribution in [0.15, 0.2) is 90.4 Å². The molecule has 0 bridgehead atoms. The van der Waals surface area contributed by atoms with Crippen molar-refractivity contribution in [3.63, 3.8) is 0 Å². The van der Waals surface area contributed by atoms with E-state index in [-0.39, 0.29) is 22.8 Å². The average molecular weight is 473 g/mol. The van der Waals surface area contributed by atoms with Gasteiger partial charge in [0, 0.05) is 16.1 Å². The molecule has 0 spiro atoms. The molecular formula is C25H22ClFO4S. The summed E-state index contributed by atoms with van der Waals surface area (Å²) in [5, 5.41) is 0.354. The van der Waals surface area contributed by atoms with Crippen LogP contribution in [0, 0.1) is 5.82 Å². The highest BCUT2D eigenvalue weighted by molar-refractivity contribution is 7.86. The summed E-state index contributed by atoms with van der Waals surface area (Å²) >= 11 is 6.33. The maximum Gasteiger partial charge on any atom is 0.297 e. The Labute approximate surface area is 192 Å². The number of hydrogen-bond donors (Lipinski definition) is 0. The standard InChI is InChI=1S/C25H22ClFO4S/c1-3-10-18-15-16-23(27)24(21-13-8-9-14-22(21)26)25(18)31-19(4-2)17-30-32(28,29)20-11-6-5-7-12-20/h3-16,19H,2,17H2,1H3/t19-/m1/s1. The molecule has 0 saturated carbocycles. The first-order chi connectivity index (χ1) is 15.4. The van der Waals surface area contributed by atoms with Crippen molar-refractivity contribution in [2.24, 2.45) is 0 Å². The zero-order valence-electron chi connectivity index (χ0n) is 17.4. The molecule has 3 aromatic carbocycles. The second kappa shape index (κ2) is 10.6. The Morgan fingerprint density at radius 3 is 2.41 bits per heavy atom. The summed E-state index contributed by atoms with van der Waals surface area (Å²) in [7, 11) is -3.99. The Kier molecular flexibility index (Phi) is 7.85. The van der Waals surface area contributed by atoms with E-state index in [9.17, 15) is 12.8 Å². The Hall–Kier alpha value is -2.93. The molecule has 0 saturated heterocycles. The third kappa shape index (κ3) is 5.46. The largest absolute Gasteiger partial charge is 0.483 e. The Morgan fingerprint density at radius 1 is 1.06 bits per heavy atom. The van der Waals surface area contributed by atoms with E-state index in [2.05, 4.69) is 6.58 Å². The molecule has 0 aliphatic carbocycles. The molecule has 0 heterocycles. The second-order valence-electron chi connectivity index (χ2n) is 6.76. The summed E-state index contributed by atoms with van der Waals surface area (Å²) in [5.41, 5.74) is 1.22.